The first kappa shape index (κ1) is 21.5. The van der Waals surface area contributed by atoms with Gasteiger partial charge >= 0.3 is 24.0 Å². The number of hydrogen-bond donors (Lipinski definition) is 1. The van der Waals surface area contributed by atoms with Crippen molar-refractivity contribution < 1.29 is 37.4 Å². The second-order valence-electron chi connectivity index (χ2n) is 6.01. The van der Waals surface area contributed by atoms with Crippen LogP contribution >= 0.6 is 0 Å². The fourth-order valence-corrected chi connectivity index (χ4v) is 2.33. The number of hydrogen-bond acceptors (Lipinski definition) is 4. The van der Waals surface area contributed by atoms with E-state index in [-0.39, 0.29) is 11.5 Å². The molecule has 0 aliphatic rings. The van der Waals surface area contributed by atoms with Crippen LogP contribution in [0, 0.1) is 5.92 Å². The van der Waals surface area contributed by atoms with Crippen LogP contribution in [0.15, 0.2) is 30.3 Å². The van der Waals surface area contributed by atoms with Gasteiger partial charge in [-0.1, -0.05) is 44.2 Å². The lowest BCUT2D eigenvalue weighted by Gasteiger charge is -2.35. The SMILES string of the molecule is CC(C)[C@@H](C(=O)OCc1ccccc1)N(C(=O)C(F)(F)F)[C@@H](C)C(=O)O. The van der Waals surface area contributed by atoms with Gasteiger partial charge < -0.3 is 14.7 Å². The van der Waals surface area contributed by atoms with Crippen molar-refractivity contribution in [1.29, 1.82) is 0 Å². The van der Waals surface area contributed by atoms with Gasteiger partial charge in [-0.3, -0.25) is 4.79 Å². The molecule has 0 radical (unpaired) electrons. The molecule has 1 aromatic rings. The summed E-state index contributed by atoms with van der Waals surface area (Å²) in [5, 5.41) is 9.07. The maximum absolute atomic E-state index is 12.9. The number of ether oxygens (including phenoxy) is 1. The van der Waals surface area contributed by atoms with E-state index in [1.165, 1.54) is 13.8 Å². The van der Waals surface area contributed by atoms with Crippen LogP contribution in [0.25, 0.3) is 0 Å². The van der Waals surface area contributed by atoms with Crippen molar-refractivity contribution >= 4 is 17.8 Å². The van der Waals surface area contributed by atoms with Crippen LogP contribution in [0.2, 0.25) is 0 Å². The maximum Gasteiger partial charge on any atom is 0.471 e. The smallest absolute Gasteiger partial charge is 0.471 e. The molecule has 0 aromatic heterocycles. The lowest BCUT2D eigenvalue weighted by molar-refractivity contribution is -0.196. The zero-order valence-corrected chi connectivity index (χ0v) is 14.5. The highest BCUT2D eigenvalue weighted by Crippen LogP contribution is 2.25. The fourth-order valence-electron chi connectivity index (χ4n) is 2.33. The van der Waals surface area contributed by atoms with Crippen molar-refractivity contribution in [3.8, 4) is 0 Å². The van der Waals surface area contributed by atoms with E-state index in [0.29, 0.717) is 5.56 Å². The minimum atomic E-state index is -5.32. The molecule has 2 atom stereocenters. The third kappa shape index (κ3) is 5.47. The summed E-state index contributed by atoms with van der Waals surface area (Å²) in [5.41, 5.74) is 0.600. The number of alkyl halides is 3. The van der Waals surface area contributed by atoms with Gasteiger partial charge in [-0.05, 0) is 18.4 Å². The highest BCUT2D eigenvalue weighted by Gasteiger charge is 2.50. The monoisotopic (exact) mass is 375 g/mol. The Labute approximate surface area is 148 Å². The van der Waals surface area contributed by atoms with E-state index in [9.17, 15) is 27.6 Å². The molecular weight excluding hydrogens is 355 g/mol. The molecule has 1 aromatic carbocycles. The third-order valence-corrected chi connectivity index (χ3v) is 3.65. The van der Waals surface area contributed by atoms with Crippen molar-refractivity contribution in [2.75, 3.05) is 0 Å². The summed E-state index contributed by atoms with van der Waals surface area (Å²) >= 11 is 0. The van der Waals surface area contributed by atoms with Gasteiger partial charge in [-0.2, -0.15) is 13.2 Å². The van der Waals surface area contributed by atoms with Gasteiger partial charge in [0.1, 0.15) is 18.7 Å². The third-order valence-electron chi connectivity index (χ3n) is 3.65. The Morgan fingerprint density at radius 1 is 1.12 bits per heavy atom. The number of rotatable bonds is 7. The van der Waals surface area contributed by atoms with Crippen molar-refractivity contribution in [3.63, 3.8) is 0 Å². The predicted octanol–water partition coefficient (Wildman–Crippen LogP) is 2.62. The van der Waals surface area contributed by atoms with Gasteiger partial charge in [0.25, 0.3) is 0 Å². The molecule has 0 spiro atoms. The lowest BCUT2D eigenvalue weighted by Crippen LogP contribution is -2.58. The molecule has 9 heteroatoms. The zero-order chi connectivity index (χ0) is 20.1. The van der Waals surface area contributed by atoms with E-state index in [0.717, 1.165) is 6.92 Å². The topological polar surface area (TPSA) is 83.9 Å². The minimum absolute atomic E-state index is 0.0281. The molecule has 0 aliphatic carbocycles. The van der Waals surface area contributed by atoms with Crippen LogP contribution in [0.5, 0.6) is 0 Å². The predicted molar refractivity (Wildman–Crippen MR) is 84.9 cm³/mol. The molecule has 1 amide bonds. The van der Waals surface area contributed by atoms with Gasteiger partial charge in [0.2, 0.25) is 0 Å². The molecule has 0 saturated carbocycles. The molecule has 0 fully saturated rings. The fraction of sp³-hybridized carbons (Fsp3) is 0.471. The van der Waals surface area contributed by atoms with Crippen LogP contribution in [0.4, 0.5) is 13.2 Å². The Morgan fingerprint density at radius 3 is 2.08 bits per heavy atom. The summed E-state index contributed by atoms with van der Waals surface area (Å²) in [7, 11) is 0. The molecule has 1 rings (SSSR count). The van der Waals surface area contributed by atoms with Crippen molar-refractivity contribution in [2.24, 2.45) is 5.92 Å². The van der Waals surface area contributed by atoms with E-state index in [1.807, 2.05) is 0 Å². The maximum atomic E-state index is 12.9. The zero-order valence-electron chi connectivity index (χ0n) is 14.5. The Hall–Kier alpha value is -2.58. The molecule has 1 N–H and O–H groups in total. The second kappa shape index (κ2) is 8.68. The van der Waals surface area contributed by atoms with E-state index in [2.05, 4.69) is 0 Å². The summed E-state index contributed by atoms with van der Waals surface area (Å²) in [6.45, 7) is 3.50. The molecule has 0 bridgehead atoms. The highest BCUT2D eigenvalue weighted by molar-refractivity contribution is 5.91. The average molecular weight is 375 g/mol. The van der Waals surface area contributed by atoms with E-state index < -0.39 is 42.0 Å². The van der Waals surface area contributed by atoms with Crippen molar-refractivity contribution in [3.05, 3.63) is 35.9 Å². The Morgan fingerprint density at radius 2 is 1.65 bits per heavy atom. The Kier molecular flexibility index (Phi) is 7.17. The molecule has 0 aliphatic heterocycles. The quantitative estimate of drug-likeness (QED) is 0.741. The van der Waals surface area contributed by atoms with Crippen molar-refractivity contribution in [2.45, 2.75) is 45.6 Å². The molecular formula is C17H20F3NO5. The molecule has 0 unspecified atom stereocenters. The number of esters is 1. The lowest BCUT2D eigenvalue weighted by atomic mass is 10.00. The van der Waals surface area contributed by atoms with Gasteiger partial charge in [0, 0.05) is 0 Å². The molecule has 144 valence electrons. The number of amides is 1. The second-order valence-corrected chi connectivity index (χ2v) is 6.01. The normalized spacial score (nSPS) is 13.8. The number of carboxylic acids is 1. The number of carboxylic acid groups (broad SMARTS) is 1. The van der Waals surface area contributed by atoms with Crippen molar-refractivity contribution in [1.82, 2.24) is 4.90 Å². The van der Waals surface area contributed by atoms with E-state index in [4.69, 9.17) is 9.84 Å². The number of halogens is 3. The largest absolute Gasteiger partial charge is 0.480 e. The Bertz CT molecular complexity index is 646. The highest BCUT2D eigenvalue weighted by atomic mass is 19.4. The molecule has 6 nitrogen and oxygen atoms in total. The van der Waals surface area contributed by atoms with Crippen LogP contribution in [0.3, 0.4) is 0 Å². The molecule has 0 heterocycles. The summed E-state index contributed by atoms with van der Waals surface area (Å²) in [4.78, 5) is 35.4. The van der Waals surface area contributed by atoms with Crippen LogP contribution < -0.4 is 0 Å². The summed E-state index contributed by atoms with van der Waals surface area (Å²) in [5.74, 6) is -5.97. The number of benzene rings is 1. The summed E-state index contributed by atoms with van der Waals surface area (Å²) < 4.78 is 43.8. The number of nitrogens with zero attached hydrogens (tertiary/aromatic N) is 1. The number of aliphatic carboxylic acids is 1. The average Bonchev–Trinajstić information content (AvgIpc) is 2.55. The number of carbonyl (C=O) groups excluding carboxylic acids is 2. The summed E-state index contributed by atoms with van der Waals surface area (Å²) in [6, 6.07) is 4.86. The first-order valence-corrected chi connectivity index (χ1v) is 7.79. The van der Waals surface area contributed by atoms with Crippen LogP contribution in [0.1, 0.15) is 26.3 Å². The standard InChI is InChI=1S/C17H20F3NO5/c1-10(2)13(15(24)26-9-12-7-5-4-6-8-12)21(11(3)14(22)23)16(25)17(18,19)20/h4-8,10-11,13H,9H2,1-3H3,(H,22,23)/t11-,13-/m0/s1. The Balaban J connectivity index is 3.12. The first-order chi connectivity index (χ1) is 12.0. The minimum Gasteiger partial charge on any atom is -0.480 e. The molecule has 0 saturated heterocycles. The van der Waals surface area contributed by atoms with Crippen LogP contribution in [-0.4, -0.2) is 46.1 Å². The van der Waals surface area contributed by atoms with Gasteiger partial charge in [-0.15, -0.1) is 0 Å². The number of carbonyl (C=O) groups is 3. The van der Waals surface area contributed by atoms with E-state index in [1.54, 1.807) is 30.3 Å². The van der Waals surface area contributed by atoms with Crippen LogP contribution in [-0.2, 0) is 25.7 Å². The van der Waals surface area contributed by atoms with Gasteiger partial charge in [-0.25, -0.2) is 9.59 Å². The molecule has 26 heavy (non-hydrogen) atoms. The first-order valence-electron chi connectivity index (χ1n) is 7.79. The van der Waals surface area contributed by atoms with Gasteiger partial charge in [0.05, 0.1) is 0 Å². The van der Waals surface area contributed by atoms with Gasteiger partial charge in [0.15, 0.2) is 0 Å². The summed E-state index contributed by atoms with van der Waals surface area (Å²) in [6.07, 6.45) is -5.32. The van der Waals surface area contributed by atoms with E-state index >= 15 is 0 Å².